The van der Waals surface area contributed by atoms with Gasteiger partial charge in [-0.3, -0.25) is 14.8 Å². The van der Waals surface area contributed by atoms with Crippen LogP contribution < -0.4 is 10.0 Å². The number of rotatable bonds is 6. The van der Waals surface area contributed by atoms with Crippen LogP contribution in [0.2, 0.25) is 5.02 Å². The number of nitrogens with zero attached hydrogens (tertiary/aromatic N) is 1. The number of nitro benzene ring substituents is 1. The van der Waals surface area contributed by atoms with Crippen molar-refractivity contribution in [1.82, 2.24) is 0 Å². The Morgan fingerprint density at radius 3 is 2.25 bits per heavy atom. The minimum atomic E-state index is -4.06. The normalized spacial score (nSPS) is 11.1. The van der Waals surface area contributed by atoms with Crippen molar-refractivity contribution in [2.45, 2.75) is 11.8 Å². The number of sulfonamides is 1. The highest BCUT2D eigenvalue weighted by atomic mass is 35.5. The van der Waals surface area contributed by atoms with Gasteiger partial charge in [0.2, 0.25) is 0 Å². The summed E-state index contributed by atoms with van der Waals surface area (Å²) in [5.41, 5.74) is 2.26. The topological polar surface area (TPSA) is 101 Å². The third-order valence-electron chi connectivity index (χ3n) is 3.93. The molecule has 9 heteroatoms. The van der Waals surface area contributed by atoms with E-state index in [0.717, 1.165) is 17.3 Å². The predicted octanol–water partition coefficient (Wildman–Crippen LogP) is 5.10. The van der Waals surface area contributed by atoms with Gasteiger partial charge < -0.3 is 5.32 Å². The van der Waals surface area contributed by atoms with E-state index in [-0.39, 0.29) is 9.92 Å². The van der Waals surface area contributed by atoms with E-state index < -0.39 is 20.6 Å². The molecule has 0 saturated heterocycles. The van der Waals surface area contributed by atoms with Crippen molar-refractivity contribution in [2.24, 2.45) is 0 Å². The van der Waals surface area contributed by atoms with Gasteiger partial charge in [-0.1, -0.05) is 41.4 Å². The van der Waals surface area contributed by atoms with E-state index in [2.05, 4.69) is 10.0 Å². The van der Waals surface area contributed by atoms with Gasteiger partial charge in [0.15, 0.2) is 0 Å². The molecule has 3 aromatic rings. The number of nitro groups is 1. The first-order valence-electron chi connectivity index (χ1n) is 8.16. The zero-order chi connectivity index (χ0) is 20.3. The van der Waals surface area contributed by atoms with Gasteiger partial charge in [0.25, 0.3) is 15.7 Å². The Bertz CT molecular complexity index is 1130. The first kappa shape index (κ1) is 19.7. The lowest BCUT2D eigenvalue weighted by molar-refractivity contribution is -0.384. The summed E-state index contributed by atoms with van der Waals surface area (Å²) in [7, 11) is -4.06. The molecule has 0 atom stereocenters. The van der Waals surface area contributed by atoms with Gasteiger partial charge in [-0.15, -0.1) is 0 Å². The van der Waals surface area contributed by atoms with Crippen LogP contribution in [0.15, 0.2) is 71.6 Å². The molecule has 0 unspecified atom stereocenters. The lowest BCUT2D eigenvalue weighted by Gasteiger charge is -2.14. The van der Waals surface area contributed by atoms with E-state index in [0.29, 0.717) is 11.4 Å². The summed E-state index contributed by atoms with van der Waals surface area (Å²) in [5.74, 6) is 0. The summed E-state index contributed by atoms with van der Waals surface area (Å²) >= 11 is 5.76. The largest absolute Gasteiger partial charge is 0.354 e. The van der Waals surface area contributed by atoms with Crippen LogP contribution >= 0.6 is 11.6 Å². The molecule has 28 heavy (non-hydrogen) atoms. The molecule has 0 amide bonds. The molecule has 2 N–H and O–H groups in total. The SMILES string of the molecule is Cc1ccc(Nc2ccccc2NS(=O)(=O)c2ccc(Cl)c([N+](=O)[O-])c2)cc1. The Morgan fingerprint density at radius 1 is 0.964 bits per heavy atom. The van der Waals surface area contributed by atoms with Crippen LogP contribution in [0.25, 0.3) is 0 Å². The molecule has 0 spiro atoms. The van der Waals surface area contributed by atoms with E-state index in [4.69, 9.17) is 11.6 Å². The average Bonchev–Trinajstić information content (AvgIpc) is 2.65. The molecule has 0 bridgehead atoms. The molecule has 0 radical (unpaired) electrons. The zero-order valence-electron chi connectivity index (χ0n) is 14.7. The van der Waals surface area contributed by atoms with E-state index in [1.807, 2.05) is 31.2 Å². The number of hydrogen-bond donors (Lipinski definition) is 2. The Hall–Kier alpha value is -3.10. The summed E-state index contributed by atoms with van der Waals surface area (Å²) in [6.07, 6.45) is 0. The van der Waals surface area contributed by atoms with Gasteiger partial charge in [0.1, 0.15) is 5.02 Å². The van der Waals surface area contributed by atoms with Gasteiger partial charge in [-0.25, -0.2) is 8.42 Å². The predicted molar refractivity (Wildman–Crippen MR) is 110 cm³/mol. The minimum Gasteiger partial charge on any atom is -0.354 e. The molecule has 0 aliphatic rings. The monoisotopic (exact) mass is 417 g/mol. The number of anilines is 3. The molecule has 0 heterocycles. The maximum atomic E-state index is 12.7. The highest BCUT2D eigenvalue weighted by Gasteiger charge is 2.21. The Balaban J connectivity index is 1.92. The fraction of sp³-hybridized carbons (Fsp3) is 0.0526. The smallest absolute Gasteiger partial charge is 0.289 e. The fourth-order valence-corrected chi connectivity index (χ4v) is 3.76. The summed E-state index contributed by atoms with van der Waals surface area (Å²) in [4.78, 5) is 10.1. The van der Waals surface area contributed by atoms with Crippen LogP contribution in [0, 0.1) is 17.0 Å². The highest BCUT2D eigenvalue weighted by Crippen LogP contribution is 2.30. The van der Waals surface area contributed by atoms with E-state index in [1.165, 1.54) is 12.1 Å². The van der Waals surface area contributed by atoms with Crippen LogP contribution in [0.1, 0.15) is 5.56 Å². The summed E-state index contributed by atoms with van der Waals surface area (Å²) in [5, 5.41) is 14.1. The molecule has 3 rings (SSSR count). The van der Waals surface area contributed by atoms with Crippen molar-refractivity contribution in [3.8, 4) is 0 Å². The molecule has 0 aliphatic carbocycles. The van der Waals surface area contributed by atoms with Gasteiger partial charge in [-0.2, -0.15) is 0 Å². The highest BCUT2D eigenvalue weighted by molar-refractivity contribution is 7.92. The second-order valence-corrected chi connectivity index (χ2v) is 8.10. The molecule has 0 aliphatic heterocycles. The number of aryl methyl sites for hydroxylation is 1. The van der Waals surface area contributed by atoms with E-state index in [9.17, 15) is 18.5 Å². The summed E-state index contributed by atoms with van der Waals surface area (Å²) in [6.45, 7) is 1.97. The molecule has 144 valence electrons. The van der Waals surface area contributed by atoms with E-state index in [1.54, 1.807) is 24.3 Å². The molecular weight excluding hydrogens is 402 g/mol. The number of nitrogens with one attached hydrogen (secondary N) is 2. The fourth-order valence-electron chi connectivity index (χ4n) is 2.48. The van der Waals surface area contributed by atoms with Gasteiger partial charge in [-0.05, 0) is 43.3 Å². The van der Waals surface area contributed by atoms with Crippen molar-refractivity contribution in [3.05, 3.63) is 87.4 Å². The minimum absolute atomic E-state index is 0.134. The van der Waals surface area contributed by atoms with Crippen LogP contribution in [0.4, 0.5) is 22.7 Å². The lowest BCUT2D eigenvalue weighted by atomic mass is 10.2. The van der Waals surface area contributed by atoms with Crippen LogP contribution in [-0.4, -0.2) is 13.3 Å². The second-order valence-electron chi connectivity index (χ2n) is 6.01. The van der Waals surface area contributed by atoms with Crippen molar-refractivity contribution in [1.29, 1.82) is 0 Å². The molecule has 7 nitrogen and oxygen atoms in total. The van der Waals surface area contributed by atoms with Crippen LogP contribution in [0.5, 0.6) is 0 Å². The van der Waals surface area contributed by atoms with Gasteiger partial charge >= 0.3 is 0 Å². The first-order chi connectivity index (χ1) is 13.3. The third-order valence-corrected chi connectivity index (χ3v) is 5.61. The molecular formula is C19H16ClN3O4S. The Morgan fingerprint density at radius 2 is 1.61 bits per heavy atom. The molecule has 3 aromatic carbocycles. The Kier molecular flexibility index (Phi) is 5.53. The number of para-hydroxylation sites is 2. The third kappa shape index (κ3) is 4.41. The lowest BCUT2D eigenvalue weighted by Crippen LogP contribution is -2.14. The van der Waals surface area contributed by atoms with Gasteiger partial charge in [0, 0.05) is 11.8 Å². The number of benzene rings is 3. The zero-order valence-corrected chi connectivity index (χ0v) is 16.3. The Labute approximate surface area is 167 Å². The van der Waals surface area contributed by atoms with Crippen LogP contribution in [0.3, 0.4) is 0 Å². The maximum absolute atomic E-state index is 12.7. The van der Waals surface area contributed by atoms with Crippen molar-refractivity contribution in [2.75, 3.05) is 10.0 Å². The number of hydrogen-bond acceptors (Lipinski definition) is 5. The standard InChI is InChI=1S/C19H16ClN3O4S/c1-13-6-8-14(9-7-13)21-17-4-2-3-5-18(17)22-28(26,27)15-10-11-16(20)19(12-15)23(24)25/h2-12,21-22H,1H3. The van der Waals surface area contributed by atoms with Gasteiger partial charge in [0.05, 0.1) is 21.2 Å². The summed E-state index contributed by atoms with van der Waals surface area (Å²) in [6, 6.07) is 17.7. The maximum Gasteiger partial charge on any atom is 0.289 e. The quantitative estimate of drug-likeness (QED) is 0.429. The van der Waals surface area contributed by atoms with Crippen LogP contribution in [-0.2, 0) is 10.0 Å². The first-order valence-corrected chi connectivity index (χ1v) is 10.0. The molecule has 0 fully saturated rings. The van der Waals surface area contributed by atoms with Crippen molar-refractivity contribution < 1.29 is 13.3 Å². The molecule has 0 saturated carbocycles. The van der Waals surface area contributed by atoms with Crippen molar-refractivity contribution >= 4 is 44.4 Å². The average molecular weight is 418 g/mol. The summed E-state index contributed by atoms with van der Waals surface area (Å²) < 4.78 is 27.9. The van der Waals surface area contributed by atoms with Crippen molar-refractivity contribution in [3.63, 3.8) is 0 Å². The van der Waals surface area contributed by atoms with E-state index >= 15 is 0 Å². The number of halogens is 1. The second kappa shape index (κ2) is 7.87. The molecule has 0 aromatic heterocycles.